The zero-order valence-electron chi connectivity index (χ0n) is 10.7. The molecule has 6 heteroatoms. The first-order chi connectivity index (χ1) is 10.1. The van der Waals surface area contributed by atoms with Crippen molar-refractivity contribution in [1.82, 2.24) is 5.43 Å². The van der Waals surface area contributed by atoms with Gasteiger partial charge in [0.1, 0.15) is 11.8 Å². The molecule has 0 saturated carbocycles. The molecular formula is C15H11BrFIN2O. The number of furan rings is 1. The maximum absolute atomic E-state index is 13.8. The third-order valence-corrected chi connectivity index (χ3v) is 4.63. The average molecular weight is 461 g/mol. The van der Waals surface area contributed by atoms with Crippen molar-refractivity contribution in [2.24, 2.45) is 5.84 Å². The minimum atomic E-state index is -0.378. The topological polar surface area (TPSA) is 51.2 Å². The summed E-state index contributed by atoms with van der Waals surface area (Å²) in [5.74, 6) is 5.88. The molecule has 0 spiro atoms. The number of nitrogens with two attached hydrogens (primary N) is 1. The molecule has 0 aliphatic carbocycles. The molecule has 0 radical (unpaired) electrons. The molecule has 3 aromatic rings. The van der Waals surface area contributed by atoms with E-state index in [4.69, 9.17) is 10.3 Å². The third-order valence-electron chi connectivity index (χ3n) is 3.24. The molecule has 0 fully saturated rings. The molecule has 108 valence electrons. The predicted octanol–water partition coefficient (Wildman–Crippen LogP) is 4.49. The van der Waals surface area contributed by atoms with E-state index in [2.05, 4.69) is 43.9 Å². The number of fused-ring (bicyclic) bond motifs is 1. The molecule has 1 aromatic heterocycles. The molecule has 1 unspecified atom stereocenters. The Bertz CT molecular complexity index is 805. The number of hydrazine groups is 1. The molecule has 2 aromatic carbocycles. The van der Waals surface area contributed by atoms with Gasteiger partial charge in [-0.15, -0.1) is 0 Å². The van der Waals surface area contributed by atoms with Gasteiger partial charge >= 0.3 is 0 Å². The number of hydrogen-bond acceptors (Lipinski definition) is 3. The van der Waals surface area contributed by atoms with Crippen LogP contribution in [0.2, 0.25) is 0 Å². The zero-order valence-corrected chi connectivity index (χ0v) is 14.5. The molecule has 3 nitrogen and oxygen atoms in total. The van der Waals surface area contributed by atoms with Crippen LogP contribution in [0.25, 0.3) is 11.0 Å². The van der Waals surface area contributed by atoms with E-state index in [9.17, 15) is 4.39 Å². The van der Waals surface area contributed by atoms with Crippen LogP contribution in [-0.4, -0.2) is 0 Å². The number of halogens is 3. The fourth-order valence-electron chi connectivity index (χ4n) is 2.25. The highest BCUT2D eigenvalue weighted by atomic mass is 127. The van der Waals surface area contributed by atoms with Crippen LogP contribution in [0.4, 0.5) is 4.39 Å². The maximum atomic E-state index is 13.8. The van der Waals surface area contributed by atoms with E-state index in [0.29, 0.717) is 11.1 Å². The Kier molecular flexibility index (Phi) is 4.30. The van der Waals surface area contributed by atoms with E-state index < -0.39 is 0 Å². The predicted molar refractivity (Wildman–Crippen MR) is 92.2 cm³/mol. The number of benzene rings is 2. The van der Waals surface area contributed by atoms with Gasteiger partial charge in [-0.25, -0.2) is 9.82 Å². The van der Waals surface area contributed by atoms with Gasteiger partial charge < -0.3 is 4.42 Å². The third kappa shape index (κ3) is 2.85. The summed E-state index contributed by atoms with van der Waals surface area (Å²) in [6.07, 6.45) is 0. The maximum Gasteiger partial charge on any atom is 0.169 e. The Hall–Kier alpha value is -0.960. The van der Waals surface area contributed by atoms with E-state index >= 15 is 0 Å². The van der Waals surface area contributed by atoms with Crippen molar-refractivity contribution in [1.29, 1.82) is 0 Å². The summed E-state index contributed by atoms with van der Waals surface area (Å²) in [6, 6.07) is 12.2. The van der Waals surface area contributed by atoms with E-state index in [-0.39, 0.29) is 17.4 Å². The van der Waals surface area contributed by atoms with Crippen LogP contribution in [0.1, 0.15) is 17.4 Å². The summed E-state index contributed by atoms with van der Waals surface area (Å²) in [7, 11) is 0. The van der Waals surface area contributed by atoms with E-state index in [1.165, 1.54) is 6.07 Å². The van der Waals surface area contributed by atoms with E-state index in [0.717, 1.165) is 13.6 Å². The van der Waals surface area contributed by atoms with Crippen LogP contribution in [-0.2, 0) is 0 Å². The standard InChI is InChI=1S/C15H11BrFIN2O/c16-11-5-4-9(18)7-10(11)14(20-19)13-6-8-2-1-3-12(17)15(8)21-13/h1-7,14,20H,19H2. The van der Waals surface area contributed by atoms with Crippen molar-refractivity contribution in [3.63, 3.8) is 0 Å². The molecule has 1 heterocycles. The Morgan fingerprint density at radius 2 is 2.05 bits per heavy atom. The van der Waals surface area contributed by atoms with Gasteiger partial charge in [0.2, 0.25) is 0 Å². The quantitative estimate of drug-likeness (QED) is 0.344. The van der Waals surface area contributed by atoms with Crippen LogP contribution in [0.3, 0.4) is 0 Å². The molecule has 3 rings (SSSR count). The van der Waals surface area contributed by atoms with Crippen molar-refractivity contribution in [2.75, 3.05) is 0 Å². The highest BCUT2D eigenvalue weighted by Gasteiger charge is 2.20. The van der Waals surface area contributed by atoms with Gasteiger partial charge in [-0.05, 0) is 58.5 Å². The summed E-state index contributed by atoms with van der Waals surface area (Å²) in [6.45, 7) is 0. The van der Waals surface area contributed by atoms with Crippen molar-refractivity contribution in [3.05, 3.63) is 67.6 Å². The minimum absolute atomic E-state index is 0.245. The number of nitrogens with one attached hydrogen (secondary N) is 1. The van der Waals surface area contributed by atoms with Crippen molar-refractivity contribution >= 4 is 49.5 Å². The van der Waals surface area contributed by atoms with Gasteiger partial charge in [-0.1, -0.05) is 28.1 Å². The average Bonchev–Trinajstić information content (AvgIpc) is 2.89. The number of para-hydroxylation sites is 1. The molecule has 0 bridgehead atoms. The smallest absolute Gasteiger partial charge is 0.169 e. The van der Waals surface area contributed by atoms with Crippen molar-refractivity contribution in [3.8, 4) is 0 Å². The monoisotopic (exact) mass is 460 g/mol. The molecular weight excluding hydrogens is 450 g/mol. The van der Waals surface area contributed by atoms with Crippen LogP contribution >= 0.6 is 38.5 Å². The fraction of sp³-hybridized carbons (Fsp3) is 0.0667. The molecule has 0 amide bonds. The molecule has 0 aliphatic heterocycles. The van der Waals surface area contributed by atoms with Crippen LogP contribution in [0, 0.1) is 9.39 Å². The lowest BCUT2D eigenvalue weighted by molar-refractivity contribution is 0.464. The first-order valence-electron chi connectivity index (χ1n) is 6.19. The lowest BCUT2D eigenvalue weighted by atomic mass is 10.1. The number of rotatable bonds is 3. The van der Waals surface area contributed by atoms with Crippen LogP contribution in [0.5, 0.6) is 0 Å². The van der Waals surface area contributed by atoms with Gasteiger partial charge in [-0.2, -0.15) is 0 Å². The lowest BCUT2D eigenvalue weighted by Gasteiger charge is -2.15. The highest BCUT2D eigenvalue weighted by molar-refractivity contribution is 14.1. The first kappa shape index (κ1) is 15.0. The van der Waals surface area contributed by atoms with Crippen molar-refractivity contribution < 1.29 is 8.81 Å². The van der Waals surface area contributed by atoms with Crippen LogP contribution < -0.4 is 11.3 Å². The Balaban J connectivity index is 2.13. The van der Waals surface area contributed by atoms with E-state index in [1.54, 1.807) is 12.1 Å². The second-order valence-electron chi connectivity index (χ2n) is 4.57. The Morgan fingerprint density at radius 3 is 2.76 bits per heavy atom. The normalized spacial score (nSPS) is 12.8. The lowest BCUT2D eigenvalue weighted by Crippen LogP contribution is -2.28. The molecule has 0 aliphatic rings. The van der Waals surface area contributed by atoms with Gasteiger partial charge in [0, 0.05) is 13.4 Å². The molecule has 3 N–H and O–H groups in total. The summed E-state index contributed by atoms with van der Waals surface area (Å²) >= 11 is 5.74. The highest BCUT2D eigenvalue weighted by Crippen LogP contribution is 2.33. The Labute approximate surface area is 142 Å². The summed E-state index contributed by atoms with van der Waals surface area (Å²) in [5, 5.41) is 0.715. The molecule has 1 atom stereocenters. The molecule has 0 saturated heterocycles. The van der Waals surface area contributed by atoms with Crippen LogP contribution in [0.15, 0.2) is 51.4 Å². The SMILES string of the molecule is NNC(c1cc2cccc(F)c2o1)c1cc(I)ccc1Br. The van der Waals surface area contributed by atoms with Crippen molar-refractivity contribution in [2.45, 2.75) is 6.04 Å². The van der Waals surface area contributed by atoms with Gasteiger partial charge in [0.15, 0.2) is 11.4 Å². The van der Waals surface area contributed by atoms with E-state index in [1.807, 2.05) is 24.3 Å². The van der Waals surface area contributed by atoms with Gasteiger partial charge in [0.25, 0.3) is 0 Å². The van der Waals surface area contributed by atoms with Gasteiger partial charge in [-0.3, -0.25) is 5.84 Å². The zero-order chi connectivity index (χ0) is 15.0. The second kappa shape index (κ2) is 6.04. The fourth-order valence-corrected chi connectivity index (χ4v) is 3.24. The summed E-state index contributed by atoms with van der Waals surface area (Å²) < 4.78 is 21.4. The Morgan fingerprint density at radius 1 is 1.24 bits per heavy atom. The van der Waals surface area contributed by atoms with Gasteiger partial charge in [0.05, 0.1) is 0 Å². The second-order valence-corrected chi connectivity index (χ2v) is 6.67. The number of hydrogen-bond donors (Lipinski definition) is 2. The largest absolute Gasteiger partial charge is 0.456 e. The minimum Gasteiger partial charge on any atom is -0.456 e. The summed E-state index contributed by atoms with van der Waals surface area (Å²) in [4.78, 5) is 0. The summed E-state index contributed by atoms with van der Waals surface area (Å²) in [5.41, 5.74) is 3.91. The molecule has 21 heavy (non-hydrogen) atoms. The first-order valence-corrected chi connectivity index (χ1v) is 8.06.